The largest absolute Gasteiger partial charge is 0.508 e. The minimum atomic E-state index is -3.80. The van der Waals surface area contributed by atoms with E-state index in [0.29, 0.717) is 5.56 Å². The zero-order chi connectivity index (χ0) is 11.9. The Hall–Kier alpha value is -1.76. The van der Waals surface area contributed by atoms with Crippen LogP contribution in [0.3, 0.4) is 0 Å². The molecule has 0 spiro atoms. The smallest absolute Gasteiger partial charge is 0.326 e. The van der Waals surface area contributed by atoms with Crippen LogP contribution in [0.1, 0.15) is 5.56 Å². The van der Waals surface area contributed by atoms with Crippen LogP contribution in [0.15, 0.2) is 18.2 Å². The predicted molar refractivity (Wildman–Crippen MR) is 57.3 cm³/mol. The Morgan fingerprint density at radius 3 is 2.62 bits per heavy atom. The molecule has 1 amide bonds. The van der Waals surface area contributed by atoms with E-state index in [1.165, 1.54) is 12.1 Å². The lowest BCUT2D eigenvalue weighted by Gasteiger charge is -2.15. The summed E-state index contributed by atoms with van der Waals surface area (Å²) in [5.41, 5.74) is 0.904. The van der Waals surface area contributed by atoms with Gasteiger partial charge in [-0.3, -0.25) is 4.79 Å². The van der Waals surface area contributed by atoms with Gasteiger partial charge in [-0.25, -0.2) is 9.03 Å². The fourth-order valence-electron chi connectivity index (χ4n) is 1.43. The minimum Gasteiger partial charge on any atom is -0.508 e. The first-order chi connectivity index (χ1) is 7.40. The van der Waals surface area contributed by atoms with Crippen molar-refractivity contribution in [2.75, 3.05) is 10.8 Å². The summed E-state index contributed by atoms with van der Waals surface area (Å²) in [5, 5.41) is 9.47. The molecule has 1 aromatic carbocycles. The second-order valence-electron chi connectivity index (χ2n) is 3.51. The van der Waals surface area contributed by atoms with Crippen molar-refractivity contribution in [3.05, 3.63) is 23.8 Å². The SMILES string of the molecule is Cc1ccc(N2CC(=O)NS2(=O)=O)cc1O. The number of aromatic hydroxyl groups is 1. The Kier molecular flexibility index (Phi) is 2.27. The first-order valence-corrected chi connectivity index (χ1v) is 5.97. The average molecular weight is 242 g/mol. The highest BCUT2D eigenvalue weighted by Crippen LogP contribution is 2.26. The standard InChI is InChI=1S/C9H10N2O4S/c1-6-2-3-7(4-8(6)12)11-5-9(13)10-16(11,14)15/h2-4,12H,5H2,1H3,(H,10,13). The van der Waals surface area contributed by atoms with Crippen molar-refractivity contribution in [1.29, 1.82) is 0 Å². The summed E-state index contributed by atoms with van der Waals surface area (Å²) in [5.74, 6) is -0.591. The summed E-state index contributed by atoms with van der Waals surface area (Å²) in [6, 6.07) is 4.43. The number of phenols is 1. The fraction of sp³-hybridized carbons (Fsp3) is 0.222. The molecular weight excluding hydrogens is 232 g/mol. The summed E-state index contributed by atoms with van der Waals surface area (Å²) in [6.45, 7) is 1.44. The van der Waals surface area contributed by atoms with Crippen LogP contribution < -0.4 is 9.03 Å². The van der Waals surface area contributed by atoms with Crippen molar-refractivity contribution >= 4 is 21.8 Å². The van der Waals surface area contributed by atoms with Gasteiger partial charge in [0.05, 0.1) is 5.69 Å². The molecule has 2 rings (SSSR count). The van der Waals surface area contributed by atoms with Crippen LogP contribution in [0, 0.1) is 6.92 Å². The molecular formula is C9H10N2O4S. The van der Waals surface area contributed by atoms with Gasteiger partial charge in [0.1, 0.15) is 12.3 Å². The van der Waals surface area contributed by atoms with Crippen molar-refractivity contribution in [3.8, 4) is 5.75 Å². The third kappa shape index (κ3) is 1.69. The number of benzene rings is 1. The number of aryl methyl sites for hydroxylation is 1. The molecule has 2 N–H and O–H groups in total. The summed E-state index contributed by atoms with van der Waals surface area (Å²) >= 11 is 0. The minimum absolute atomic E-state index is 0.00736. The van der Waals surface area contributed by atoms with Crippen LogP contribution in [0.2, 0.25) is 0 Å². The number of phenolic OH excluding ortho intramolecular Hbond substituents is 1. The van der Waals surface area contributed by atoms with Crippen molar-refractivity contribution in [2.45, 2.75) is 6.92 Å². The third-order valence-corrected chi connectivity index (χ3v) is 3.71. The van der Waals surface area contributed by atoms with Gasteiger partial charge in [0.15, 0.2) is 0 Å². The Morgan fingerprint density at radius 2 is 2.12 bits per heavy atom. The molecule has 1 aliphatic heterocycles. The molecule has 1 heterocycles. The highest BCUT2D eigenvalue weighted by molar-refractivity contribution is 7.92. The Labute approximate surface area is 92.7 Å². The quantitative estimate of drug-likeness (QED) is 0.719. The van der Waals surface area contributed by atoms with Crippen LogP contribution in [0.25, 0.3) is 0 Å². The number of carbonyl (C=O) groups excluding carboxylic acids is 1. The van der Waals surface area contributed by atoms with E-state index in [2.05, 4.69) is 0 Å². The number of nitrogens with one attached hydrogen (secondary N) is 1. The van der Waals surface area contributed by atoms with E-state index in [-0.39, 0.29) is 18.0 Å². The van der Waals surface area contributed by atoms with E-state index >= 15 is 0 Å². The molecule has 1 aromatic rings. The van der Waals surface area contributed by atoms with Crippen LogP contribution in [-0.4, -0.2) is 26.0 Å². The molecule has 16 heavy (non-hydrogen) atoms. The molecule has 6 nitrogen and oxygen atoms in total. The second kappa shape index (κ2) is 3.38. The maximum absolute atomic E-state index is 11.5. The number of hydrogen-bond donors (Lipinski definition) is 2. The van der Waals surface area contributed by atoms with Gasteiger partial charge in [0.25, 0.3) is 5.91 Å². The van der Waals surface area contributed by atoms with Gasteiger partial charge < -0.3 is 5.11 Å². The number of carbonyl (C=O) groups is 1. The second-order valence-corrected chi connectivity index (χ2v) is 5.10. The Balaban J connectivity index is 2.45. The van der Waals surface area contributed by atoms with E-state index in [9.17, 15) is 18.3 Å². The lowest BCUT2D eigenvalue weighted by Crippen LogP contribution is -2.29. The van der Waals surface area contributed by atoms with Gasteiger partial charge >= 0.3 is 10.2 Å². The first-order valence-electron chi connectivity index (χ1n) is 4.53. The summed E-state index contributed by atoms with van der Waals surface area (Å²) in [7, 11) is -3.80. The van der Waals surface area contributed by atoms with Gasteiger partial charge in [0.2, 0.25) is 0 Å². The summed E-state index contributed by atoms with van der Waals surface area (Å²) < 4.78 is 25.7. The van der Waals surface area contributed by atoms with E-state index in [1.54, 1.807) is 13.0 Å². The number of amides is 1. The van der Waals surface area contributed by atoms with E-state index < -0.39 is 16.1 Å². The zero-order valence-corrected chi connectivity index (χ0v) is 9.28. The van der Waals surface area contributed by atoms with E-state index in [4.69, 9.17) is 0 Å². The average Bonchev–Trinajstić information content (AvgIpc) is 2.44. The van der Waals surface area contributed by atoms with E-state index in [1.807, 2.05) is 4.72 Å². The molecule has 1 fully saturated rings. The van der Waals surface area contributed by atoms with Crippen LogP contribution in [0.5, 0.6) is 5.75 Å². The molecule has 86 valence electrons. The molecule has 7 heteroatoms. The lowest BCUT2D eigenvalue weighted by atomic mass is 10.2. The van der Waals surface area contributed by atoms with Gasteiger partial charge in [-0.15, -0.1) is 0 Å². The highest BCUT2D eigenvalue weighted by atomic mass is 32.2. The molecule has 1 saturated heterocycles. The van der Waals surface area contributed by atoms with Crippen LogP contribution >= 0.6 is 0 Å². The molecule has 0 saturated carbocycles. The zero-order valence-electron chi connectivity index (χ0n) is 8.47. The van der Waals surface area contributed by atoms with Crippen LogP contribution in [0.4, 0.5) is 5.69 Å². The van der Waals surface area contributed by atoms with Gasteiger partial charge in [-0.2, -0.15) is 8.42 Å². The van der Waals surface area contributed by atoms with Crippen molar-refractivity contribution in [3.63, 3.8) is 0 Å². The Bertz CT molecular complexity index is 553. The number of nitrogens with zero attached hydrogens (tertiary/aromatic N) is 1. The van der Waals surface area contributed by atoms with Gasteiger partial charge in [-0.1, -0.05) is 6.07 Å². The maximum Gasteiger partial charge on any atom is 0.326 e. The van der Waals surface area contributed by atoms with Crippen molar-refractivity contribution < 1.29 is 18.3 Å². The molecule has 0 radical (unpaired) electrons. The highest BCUT2D eigenvalue weighted by Gasteiger charge is 2.34. The summed E-state index contributed by atoms with van der Waals surface area (Å²) in [6.07, 6.45) is 0. The number of hydrogen-bond acceptors (Lipinski definition) is 4. The molecule has 1 aliphatic rings. The van der Waals surface area contributed by atoms with E-state index in [0.717, 1.165) is 4.31 Å². The van der Waals surface area contributed by atoms with Crippen molar-refractivity contribution in [2.24, 2.45) is 0 Å². The predicted octanol–water partition coefficient (Wildman–Crippen LogP) is -0.118. The Morgan fingerprint density at radius 1 is 1.44 bits per heavy atom. The monoisotopic (exact) mass is 242 g/mol. The number of anilines is 1. The van der Waals surface area contributed by atoms with Gasteiger partial charge in [0, 0.05) is 6.07 Å². The molecule has 0 aromatic heterocycles. The first kappa shape index (κ1) is 10.7. The summed E-state index contributed by atoms with van der Waals surface area (Å²) in [4.78, 5) is 11.0. The van der Waals surface area contributed by atoms with Crippen LogP contribution in [-0.2, 0) is 15.0 Å². The molecule has 0 bridgehead atoms. The maximum atomic E-state index is 11.5. The lowest BCUT2D eigenvalue weighted by molar-refractivity contribution is -0.117. The third-order valence-electron chi connectivity index (χ3n) is 2.30. The van der Waals surface area contributed by atoms with Gasteiger partial charge in [-0.05, 0) is 18.6 Å². The normalized spacial score (nSPS) is 18.6. The molecule has 0 unspecified atom stereocenters. The molecule has 0 aliphatic carbocycles. The molecule has 0 atom stereocenters. The van der Waals surface area contributed by atoms with Crippen molar-refractivity contribution in [1.82, 2.24) is 4.72 Å². The topological polar surface area (TPSA) is 86.7 Å². The number of rotatable bonds is 1. The fourth-order valence-corrected chi connectivity index (χ4v) is 2.57.